The summed E-state index contributed by atoms with van der Waals surface area (Å²) in [6, 6.07) is 8.98. The van der Waals surface area contributed by atoms with Crippen LogP contribution >= 0.6 is 0 Å². The van der Waals surface area contributed by atoms with Gasteiger partial charge in [-0.05, 0) is 62.1 Å². The fourth-order valence-electron chi connectivity index (χ4n) is 3.48. The summed E-state index contributed by atoms with van der Waals surface area (Å²) in [5.41, 5.74) is 3.15. The number of hydrogen-bond donors (Lipinski definition) is 1. The smallest absolute Gasteiger partial charge is 0.0588 e. The lowest BCUT2D eigenvalue weighted by Gasteiger charge is -2.26. The Hall–Kier alpha value is -0.860. The van der Waals surface area contributed by atoms with Gasteiger partial charge < -0.3 is 10.1 Å². The summed E-state index contributed by atoms with van der Waals surface area (Å²) in [6.07, 6.45) is 8.15. The van der Waals surface area contributed by atoms with Crippen molar-refractivity contribution in [1.29, 1.82) is 0 Å². The fourth-order valence-corrected chi connectivity index (χ4v) is 3.48. The second kappa shape index (κ2) is 6.53. The van der Waals surface area contributed by atoms with E-state index in [1.54, 1.807) is 11.1 Å². The van der Waals surface area contributed by atoms with Crippen LogP contribution in [0.25, 0.3) is 0 Å². The van der Waals surface area contributed by atoms with E-state index in [1.165, 1.54) is 38.5 Å². The molecule has 1 aromatic rings. The molecule has 1 saturated heterocycles. The molecule has 1 aliphatic heterocycles. The lowest BCUT2D eigenvalue weighted by Crippen LogP contribution is -2.27. The van der Waals surface area contributed by atoms with E-state index in [9.17, 15) is 0 Å². The van der Waals surface area contributed by atoms with Gasteiger partial charge in [0.2, 0.25) is 0 Å². The molecule has 0 amide bonds. The first kappa shape index (κ1) is 13.1. The summed E-state index contributed by atoms with van der Waals surface area (Å²) in [6.45, 7) is 3.20. The highest BCUT2D eigenvalue weighted by atomic mass is 16.5. The van der Waals surface area contributed by atoms with E-state index in [0.717, 1.165) is 25.6 Å². The minimum atomic E-state index is 0.520. The summed E-state index contributed by atoms with van der Waals surface area (Å²) in [4.78, 5) is 0. The molecule has 0 radical (unpaired) electrons. The molecule has 1 aromatic carbocycles. The molecule has 0 bridgehead atoms. The van der Waals surface area contributed by atoms with Crippen molar-refractivity contribution in [2.24, 2.45) is 0 Å². The van der Waals surface area contributed by atoms with E-state index in [2.05, 4.69) is 29.6 Å². The number of ether oxygens (including phenoxy) is 1. The Morgan fingerprint density at radius 1 is 1.16 bits per heavy atom. The molecule has 1 heterocycles. The van der Waals surface area contributed by atoms with Crippen LogP contribution in [0, 0.1) is 0 Å². The van der Waals surface area contributed by atoms with Crippen LogP contribution in [0.2, 0.25) is 0 Å². The average Bonchev–Trinajstić information content (AvgIpc) is 2.97. The second-order valence-electron chi connectivity index (χ2n) is 5.92. The van der Waals surface area contributed by atoms with Gasteiger partial charge in [0.25, 0.3) is 0 Å². The minimum Gasteiger partial charge on any atom is -0.378 e. The lowest BCUT2D eigenvalue weighted by molar-refractivity contribution is 0.104. The van der Waals surface area contributed by atoms with Crippen molar-refractivity contribution in [3.8, 4) is 0 Å². The summed E-state index contributed by atoms with van der Waals surface area (Å²) in [7, 11) is 0. The minimum absolute atomic E-state index is 0.520. The van der Waals surface area contributed by atoms with Crippen molar-refractivity contribution >= 4 is 0 Å². The molecule has 0 aromatic heterocycles. The van der Waals surface area contributed by atoms with Crippen molar-refractivity contribution < 1.29 is 4.74 Å². The predicted octanol–water partition coefficient (Wildman–Crippen LogP) is 3.27. The van der Waals surface area contributed by atoms with Gasteiger partial charge in [-0.2, -0.15) is 0 Å². The molecular weight excluding hydrogens is 234 g/mol. The first-order chi connectivity index (χ1) is 9.43. The molecule has 1 fully saturated rings. The first-order valence-corrected chi connectivity index (χ1v) is 7.83. The second-order valence-corrected chi connectivity index (χ2v) is 5.92. The van der Waals surface area contributed by atoms with Crippen LogP contribution in [0.3, 0.4) is 0 Å². The topological polar surface area (TPSA) is 21.3 Å². The van der Waals surface area contributed by atoms with Gasteiger partial charge in [0.15, 0.2) is 0 Å². The molecule has 2 nitrogen and oxygen atoms in total. The van der Waals surface area contributed by atoms with E-state index in [-0.39, 0.29) is 0 Å². The van der Waals surface area contributed by atoms with Crippen molar-refractivity contribution in [3.05, 3.63) is 35.4 Å². The lowest BCUT2D eigenvalue weighted by atomic mass is 9.83. The number of hydrogen-bond acceptors (Lipinski definition) is 2. The van der Waals surface area contributed by atoms with Crippen LogP contribution in [0.15, 0.2) is 24.3 Å². The summed E-state index contributed by atoms with van der Waals surface area (Å²) in [5.74, 6) is 0.717. The zero-order valence-corrected chi connectivity index (χ0v) is 11.7. The van der Waals surface area contributed by atoms with E-state index in [0.29, 0.717) is 6.10 Å². The van der Waals surface area contributed by atoms with Crippen LogP contribution in [0.4, 0.5) is 0 Å². The van der Waals surface area contributed by atoms with Gasteiger partial charge in [-0.3, -0.25) is 0 Å². The van der Waals surface area contributed by atoms with Gasteiger partial charge in [0.05, 0.1) is 6.10 Å². The molecule has 1 aliphatic carbocycles. The van der Waals surface area contributed by atoms with Crippen LogP contribution in [-0.2, 0) is 11.2 Å². The molecule has 2 unspecified atom stereocenters. The van der Waals surface area contributed by atoms with E-state index in [4.69, 9.17) is 4.74 Å². The third kappa shape index (κ3) is 3.37. The van der Waals surface area contributed by atoms with E-state index >= 15 is 0 Å². The van der Waals surface area contributed by atoms with Crippen molar-refractivity contribution in [2.75, 3.05) is 19.7 Å². The SMILES string of the molecule is c1ccc2c(c1)CCCC2CNCCC1CCCO1. The van der Waals surface area contributed by atoms with Crippen LogP contribution < -0.4 is 5.32 Å². The number of benzene rings is 1. The van der Waals surface area contributed by atoms with Gasteiger partial charge in [-0.25, -0.2) is 0 Å². The fraction of sp³-hybridized carbons (Fsp3) is 0.647. The number of aryl methyl sites for hydroxylation is 1. The Kier molecular flexibility index (Phi) is 4.52. The summed E-state index contributed by atoms with van der Waals surface area (Å²) >= 11 is 0. The third-order valence-electron chi connectivity index (χ3n) is 4.55. The largest absolute Gasteiger partial charge is 0.378 e. The van der Waals surface area contributed by atoms with Gasteiger partial charge in [-0.1, -0.05) is 24.3 Å². The Balaban J connectivity index is 1.45. The van der Waals surface area contributed by atoms with Crippen molar-refractivity contribution in [3.63, 3.8) is 0 Å². The molecule has 2 aliphatic rings. The Morgan fingerprint density at radius 2 is 2.11 bits per heavy atom. The monoisotopic (exact) mass is 259 g/mol. The quantitative estimate of drug-likeness (QED) is 0.820. The third-order valence-corrected chi connectivity index (χ3v) is 4.55. The molecule has 19 heavy (non-hydrogen) atoms. The summed E-state index contributed by atoms with van der Waals surface area (Å²) < 4.78 is 5.66. The standard InChI is InChI=1S/C17H25NO/c1-2-9-17-14(5-1)6-3-7-15(17)13-18-11-10-16-8-4-12-19-16/h1-2,5,9,15-16,18H,3-4,6-8,10-13H2. The van der Waals surface area contributed by atoms with Crippen molar-refractivity contribution in [1.82, 2.24) is 5.32 Å². The van der Waals surface area contributed by atoms with Gasteiger partial charge in [0, 0.05) is 13.2 Å². The number of rotatable bonds is 5. The summed E-state index contributed by atoms with van der Waals surface area (Å²) in [5, 5.41) is 3.64. The molecule has 2 atom stereocenters. The highest BCUT2D eigenvalue weighted by Crippen LogP contribution is 2.30. The zero-order chi connectivity index (χ0) is 12.9. The molecular formula is C17H25NO. The van der Waals surface area contributed by atoms with Crippen molar-refractivity contribution in [2.45, 2.75) is 50.5 Å². The van der Waals surface area contributed by atoms with Gasteiger partial charge >= 0.3 is 0 Å². The van der Waals surface area contributed by atoms with Crippen LogP contribution in [0.1, 0.15) is 49.1 Å². The number of nitrogens with one attached hydrogen (secondary N) is 1. The normalized spacial score (nSPS) is 26.3. The zero-order valence-electron chi connectivity index (χ0n) is 11.7. The Bertz CT molecular complexity index is 398. The number of fused-ring (bicyclic) bond motifs is 1. The van der Waals surface area contributed by atoms with E-state index in [1.807, 2.05) is 0 Å². The highest BCUT2D eigenvalue weighted by molar-refractivity contribution is 5.32. The molecule has 0 saturated carbocycles. The maximum Gasteiger partial charge on any atom is 0.0588 e. The molecule has 1 N–H and O–H groups in total. The molecule has 2 heteroatoms. The maximum absolute atomic E-state index is 5.66. The molecule has 0 spiro atoms. The Labute approximate surface area is 116 Å². The van der Waals surface area contributed by atoms with E-state index < -0.39 is 0 Å². The highest BCUT2D eigenvalue weighted by Gasteiger charge is 2.19. The van der Waals surface area contributed by atoms with Gasteiger partial charge in [-0.15, -0.1) is 0 Å². The average molecular weight is 259 g/mol. The predicted molar refractivity (Wildman–Crippen MR) is 78.6 cm³/mol. The Morgan fingerprint density at radius 3 is 3.00 bits per heavy atom. The first-order valence-electron chi connectivity index (χ1n) is 7.83. The van der Waals surface area contributed by atoms with Crippen LogP contribution in [-0.4, -0.2) is 25.8 Å². The molecule has 104 valence electrons. The molecule has 3 rings (SSSR count). The van der Waals surface area contributed by atoms with Gasteiger partial charge in [0.1, 0.15) is 0 Å². The maximum atomic E-state index is 5.66. The van der Waals surface area contributed by atoms with Crippen LogP contribution in [0.5, 0.6) is 0 Å².